The fourth-order valence-corrected chi connectivity index (χ4v) is 3.86. The molecule has 1 aliphatic heterocycles. The smallest absolute Gasteiger partial charge is 0.0708 e. The number of aryl methyl sites for hydroxylation is 1. The molecule has 24 heavy (non-hydrogen) atoms. The van der Waals surface area contributed by atoms with Gasteiger partial charge in [-0.1, -0.05) is 48.5 Å². The van der Waals surface area contributed by atoms with Gasteiger partial charge in [-0.15, -0.1) is 0 Å². The molecule has 0 unspecified atom stereocenters. The fourth-order valence-electron chi connectivity index (χ4n) is 3.86. The van der Waals surface area contributed by atoms with Crippen molar-refractivity contribution in [2.45, 2.75) is 25.4 Å². The standard InChI is InChI=1S/C21H23N3/c1-15-11-17(18-9-5-6-10-21(18)23-15)12-24-13-19(20(22)14-24)16-7-3-2-4-8-16/h2-11,19-20H,12-14,22H2,1H3/t19-,20+/m0/s1. The first-order valence-corrected chi connectivity index (χ1v) is 8.59. The summed E-state index contributed by atoms with van der Waals surface area (Å²) in [7, 11) is 0. The average molecular weight is 317 g/mol. The molecule has 0 amide bonds. The Bertz CT molecular complexity index is 844. The quantitative estimate of drug-likeness (QED) is 0.804. The van der Waals surface area contributed by atoms with Crippen LogP contribution in [-0.2, 0) is 6.54 Å². The van der Waals surface area contributed by atoms with Gasteiger partial charge in [0.1, 0.15) is 0 Å². The van der Waals surface area contributed by atoms with Crippen LogP contribution in [0.2, 0.25) is 0 Å². The predicted octanol–water partition coefficient (Wildman–Crippen LogP) is 3.47. The second-order valence-corrected chi connectivity index (χ2v) is 6.82. The first-order chi connectivity index (χ1) is 11.7. The van der Waals surface area contributed by atoms with Crippen molar-refractivity contribution >= 4 is 10.9 Å². The first kappa shape index (κ1) is 15.3. The molecule has 1 fully saturated rings. The van der Waals surface area contributed by atoms with E-state index in [0.717, 1.165) is 30.8 Å². The molecular formula is C21H23N3. The van der Waals surface area contributed by atoms with Crippen molar-refractivity contribution in [1.82, 2.24) is 9.88 Å². The maximum Gasteiger partial charge on any atom is 0.0708 e. The summed E-state index contributed by atoms with van der Waals surface area (Å²) in [5.74, 6) is 0.417. The van der Waals surface area contributed by atoms with Crippen LogP contribution in [0, 0.1) is 6.92 Å². The number of pyridine rings is 1. The molecule has 0 radical (unpaired) electrons. The van der Waals surface area contributed by atoms with E-state index in [1.165, 1.54) is 16.5 Å². The monoisotopic (exact) mass is 317 g/mol. The Morgan fingerprint density at radius 2 is 1.79 bits per heavy atom. The minimum Gasteiger partial charge on any atom is -0.326 e. The van der Waals surface area contributed by atoms with Crippen molar-refractivity contribution in [3.05, 3.63) is 77.5 Å². The van der Waals surface area contributed by atoms with E-state index in [4.69, 9.17) is 5.73 Å². The van der Waals surface area contributed by atoms with Crippen LogP contribution in [0.15, 0.2) is 60.7 Å². The van der Waals surface area contributed by atoms with Gasteiger partial charge in [0, 0.05) is 42.7 Å². The molecule has 122 valence electrons. The number of hydrogen-bond donors (Lipinski definition) is 1. The van der Waals surface area contributed by atoms with Crippen molar-refractivity contribution < 1.29 is 0 Å². The Morgan fingerprint density at radius 3 is 2.62 bits per heavy atom. The second kappa shape index (κ2) is 6.34. The maximum atomic E-state index is 6.44. The molecule has 2 N–H and O–H groups in total. The van der Waals surface area contributed by atoms with Crippen molar-refractivity contribution in [2.24, 2.45) is 5.73 Å². The summed E-state index contributed by atoms with van der Waals surface area (Å²) in [6, 6.07) is 21.5. The van der Waals surface area contributed by atoms with Crippen LogP contribution in [0.3, 0.4) is 0 Å². The van der Waals surface area contributed by atoms with Crippen LogP contribution in [0.25, 0.3) is 10.9 Å². The molecule has 0 aliphatic carbocycles. The van der Waals surface area contributed by atoms with E-state index in [0.29, 0.717) is 5.92 Å². The number of likely N-dealkylation sites (tertiary alicyclic amines) is 1. The minimum absolute atomic E-state index is 0.196. The average Bonchev–Trinajstić information content (AvgIpc) is 2.96. The lowest BCUT2D eigenvalue weighted by molar-refractivity contribution is 0.325. The highest BCUT2D eigenvalue weighted by Crippen LogP contribution is 2.28. The third kappa shape index (κ3) is 2.93. The Balaban J connectivity index is 1.59. The molecule has 2 aromatic carbocycles. The summed E-state index contributed by atoms with van der Waals surface area (Å²) >= 11 is 0. The van der Waals surface area contributed by atoms with Crippen LogP contribution in [-0.4, -0.2) is 29.0 Å². The summed E-state index contributed by atoms with van der Waals surface area (Å²) in [5.41, 5.74) is 11.3. The van der Waals surface area contributed by atoms with Crippen LogP contribution in [0.1, 0.15) is 22.7 Å². The number of benzene rings is 2. The van der Waals surface area contributed by atoms with E-state index in [1.54, 1.807) is 0 Å². The van der Waals surface area contributed by atoms with E-state index in [2.05, 4.69) is 77.5 Å². The summed E-state index contributed by atoms with van der Waals surface area (Å²) in [6.45, 7) is 4.95. The summed E-state index contributed by atoms with van der Waals surface area (Å²) < 4.78 is 0. The minimum atomic E-state index is 0.196. The predicted molar refractivity (Wildman–Crippen MR) is 98.9 cm³/mol. The SMILES string of the molecule is Cc1cc(CN2C[C@@H](N)[C@H](c3ccccc3)C2)c2ccccc2n1. The zero-order chi connectivity index (χ0) is 16.5. The lowest BCUT2D eigenvalue weighted by Gasteiger charge is -2.17. The highest BCUT2D eigenvalue weighted by molar-refractivity contribution is 5.82. The molecule has 1 aliphatic rings. The molecule has 3 heteroatoms. The molecule has 0 spiro atoms. The van der Waals surface area contributed by atoms with Crippen molar-refractivity contribution in [3.8, 4) is 0 Å². The van der Waals surface area contributed by atoms with Crippen LogP contribution < -0.4 is 5.73 Å². The van der Waals surface area contributed by atoms with Crippen LogP contribution >= 0.6 is 0 Å². The highest BCUT2D eigenvalue weighted by atomic mass is 15.2. The Labute approximate surface area is 143 Å². The number of nitrogens with zero attached hydrogens (tertiary/aromatic N) is 2. The van der Waals surface area contributed by atoms with Gasteiger partial charge in [0.25, 0.3) is 0 Å². The summed E-state index contributed by atoms with van der Waals surface area (Å²) in [5, 5.41) is 1.25. The molecule has 3 nitrogen and oxygen atoms in total. The molecule has 0 bridgehead atoms. The van der Waals surface area contributed by atoms with Gasteiger partial charge in [0.2, 0.25) is 0 Å². The highest BCUT2D eigenvalue weighted by Gasteiger charge is 2.31. The lowest BCUT2D eigenvalue weighted by atomic mass is 9.95. The van der Waals surface area contributed by atoms with Crippen molar-refractivity contribution in [1.29, 1.82) is 0 Å². The van der Waals surface area contributed by atoms with Gasteiger partial charge in [0.05, 0.1) is 5.52 Å². The molecule has 1 aromatic heterocycles. The third-order valence-electron chi connectivity index (χ3n) is 4.99. The molecule has 4 rings (SSSR count). The van der Waals surface area contributed by atoms with Gasteiger partial charge < -0.3 is 5.73 Å². The van der Waals surface area contributed by atoms with E-state index >= 15 is 0 Å². The largest absolute Gasteiger partial charge is 0.326 e. The Hall–Kier alpha value is -2.23. The number of para-hydroxylation sites is 1. The van der Waals surface area contributed by atoms with Crippen LogP contribution in [0.5, 0.6) is 0 Å². The zero-order valence-corrected chi connectivity index (χ0v) is 14.0. The molecule has 2 heterocycles. The topological polar surface area (TPSA) is 42.1 Å². The van der Waals surface area contributed by atoms with E-state index in [9.17, 15) is 0 Å². The van der Waals surface area contributed by atoms with Gasteiger partial charge in [-0.05, 0) is 30.2 Å². The van der Waals surface area contributed by atoms with Gasteiger partial charge >= 0.3 is 0 Å². The third-order valence-corrected chi connectivity index (χ3v) is 4.99. The fraction of sp³-hybridized carbons (Fsp3) is 0.286. The molecular weight excluding hydrogens is 294 g/mol. The second-order valence-electron chi connectivity index (χ2n) is 6.82. The number of hydrogen-bond acceptors (Lipinski definition) is 3. The molecule has 2 atom stereocenters. The molecule has 1 saturated heterocycles. The van der Waals surface area contributed by atoms with E-state index in [1.807, 2.05) is 0 Å². The van der Waals surface area contributed by atoms with Gasteiger partial charge in [-0.25, -0.2) is 0 Å². The van der Waals surface area contributed by atoms with Crippen LogP contribution in [0.4, 0.5) is 0 Å². The lowest BCUT2D eigenvalue weighted by Crippen LogP contribution is -2.28. The van der Waals surface area contributed by atoms with E-state index in [-0.39, 0.29) is 6.04 Å². The Morgan fingerprint density at radius 1 is 1.04 bits per heavy atom. The van der Waals surface area contributed by atoms with Crippen molar-refractivity contribution in [3.63, 3.8) is 0 Å². The van der Waals surface area contributed by atoms with Crippen molar-refractivity contribution in [2.75, 3.05) is 13.1 Å². The Kier molecular flexibility index (Phi) is 4.05. The normalized spacial score (nSPS) is 21.4. The van der Waals surface area contributed by atoms with Gasteiger partial charge in [-0.3, -0.25) is 9.88 Å². The summed E-state index contributed by atoms with van der Waals surface area (Å²) in [4.78, 5) is 7.12. The zero-order valence-electron chi connectivity index (χ0n) is 14.0. The summed E-state index contributed by atoms with van der Waals surface area (Å²) in [6.07, 6.45) is 0. The number of nitrogens with two attached hydrogens (primary N) is 1. The molecule has 0 saturated carbocycles. The van der Waals surface area contributed by atoms with Gasteiger partial charge in [-0.2, -0.15) is 0 Å². The molecule has 3 aromatic rings. The van der Waals surface area contributed by atoms with Gasteiger partial charge in [0.15, 0.2) is 0 Å². The first-order valence-electron chi connectivity index (χ1n) is 8.59. The number of rotatable bonds is 3. The number of fused-ring (bicyclic) bond motifs is 1. The van der Waals surface area contributed by atoms with E-state index < -0.39 is 0 Å². The number of aromatic nitrogens is 1. The maximum absolute atomic E-state index is 6.44.